The highest BCUT2D eigenvalue weighted by Gasteiger charge is 2.50. The number of fused-ring (bicyclic) bond motifs is 3. The number of aliphatic hydroxyl groups is 1. The van der Waals surface area contributed by atoms with E-state index in [1.54, 1.807) is 6.92 Å². The van der Waals surface area contributed by atoms with E-state index < -0.39 is 6.10 Å². The molecule has 1 aromatic carbocycles. The fraction of sp³-hybridized carbons (Fsp3) is 0.556. The van der Waals surface area contributed by atoms with Crippen molar-refractivity contribution in [2.24, 2.45) is 11.8 Å². The summed E-state index contributed by atoms with van der Waals surface area (Å²) in [4.78, 5) is 23.2. The van der Waals surface area contributed by atoms with Crippen molar-refractivity contribution >= 4 is 11.9 Å². The van der Waals surface area contributed by atoms with Crippen molar-refractivity contribution in [3.63, 3.8) is 0 Å². The number of rotatable bonds is 9. The van der Waals surface area contributed by atoms with Gasteiger partial charge in [-0.05, 0) is 31.2 Å². The van der Waals surface area contributed by atoms with Crippen LogP contribution in [0.1, 0.15) is 63.5 Å². The average Bonchev–Trinajstić information content (AvgIpc) is 3.31. The van der Waals surface area contributed by atoms with Crippen LogP contribution in [0.5, 0.6) is 5.75 Å². The van der Waals surface area contributed by atoms with Crippen LogP contribution in [0.15, 0.2) is 30.4 Å². The van der Waals surface area contributed by atoms with Crippen molar-refractivity contribution in [2.45, 2.75) is 77.1 Å². The number of aliphatic hydroxyl groups excluding tert-OH is 1. The molecule has 0 bridgehead atoms. The van der Waals surface area contributed by atoms with Gasteiger partial charge in [0.05, 0.1) is 13.2 Å². The van der Waals surface area contributed by atoms with E-state index in [2.05, 4.69) is 17.9 Å². The summed E-state index contributed by atoms with van der Waals surface area (Å²) in [6.07, 6.45) is 5.76. The summed E-state index contributed by atoms with van der Waals surface area (Å²) in [5.74, 6) is 6.18. The van der Waals surface area contributed by atoms with Crippen LogP contribution in [0.25, 0.3) is 0 Å². The molecule has 0 saturated heterocycles. The lowest BCUT2D eigenvalue weighted by molar-refractivity contribution is -0.147. The fourth-order valence-electron chi connectivity index (χ4n) is 4.82. The second kappa shape index (κ2) is 11.4. The molecule has 33 heavy (non-hydrogen) atoms. The van der Waals surface area contributed by atoms with Crippen LogP contribution in [0.4, 0.5) is 0 Å². The lowest BCUT2D eigenvalue weighted by Crippen LogP contribution is -2.23. The van der Waals surface area contributed by atoms with Gasteiger partial charge in [-0.15, -0.1) is 11.8 Å². The minimum Gasteiger partial charge on any atom is -0.489 e. The zero-order valence-corrected chi connectivity index (χ0v) is 19.9. The topological polar surface area (TPSA) is 82.1 Å². The van der Waals surface area contributed by atoms with Gasteiger partial charge in [-0.3, -0.25) is 9.59 Å². The van der Waals surface area contributed by atoms with E-state index >= 15 is 0 Å². The Morgan fingerprint density at radius 2 is 2.15 bits per heavy atom. The molecule has 0 radical (unpaired) electrons. The molecule has 1 heterocycles. The van der Waals surface area contributed by atoms with Crippen LogP contribution in [0.3, 0.4) is 0 Å². The number of ether oxygens (including phenoxy) is 3. The summed E-state index contributed by atoms with van der Waals surface area (Å²) in [7, 11) is 1.40. The molecule has 1 aromatic rings. The van der Waals surface area contributed by atoms with E-state index in [-0.39, 0.29) is 41.9 Å². The second-order valence-electron chi connectivity index (χ2n) is 8.89. The van der Waals surface area contributed by atoms with Crippen molar-refractivity contribution < 1.29 is 28.9 Å². The number of benzene rings is 1. The molecule has 0 aromatic heterocycles. The quantitative estimate of drug-likeness (QED) is 0.346. The molecule has 6 atom stereocenters. The second-order valence-corrected chi connectivity index (χ2v) is 8.89. The van der Waals surface area contributed by atoms with Gasteiger partial charge in [0.15, 0.2) is 0 Å². The molecule has 0 spiro atoms. The lowest BCUT2D eigenvalue weighted by Gasteiger charge is -2.22. The van der Waals surface area contributed by atoms with Crippen molar-refractivity contribution in [1.29, 1.82) is 0 Å². The Balaban J connectivity index is 1.81. The van der Waals surface area contributed by atoms with Crippen molar-refractivity contribution in [1.82, 2.24) is 0 Å². The molecule has 1 saturated carbocycles. The van der Waals surface area contributed by atoms with E-state index in [0.29, 0.717) is 25.7 Å². The smallest absolute Gasteiger partial charge is 0.305 e. The highest BCUT2D eigenvalue weighted by atomic mass is 16.5. The van der Waals surface area contributed by atoms with Gasteiger partial charge >= 0.3 is 11.9 Å². The van der Waals surface area contributed by atoms with Gasteiger partial charge in [-0.1, -0.05) is 37.3 Å². The fourth-order valence-corrected chi connectivity index (χ4v) is 4.82. The van der Waals surface area contributed by atoms with Crippen LogP contribution in [-0.4, -0.2) is 42.5 Å². The molecule has 2 aliphatic rings. The molecular weight excluding hydrogens is 420 g/mol. The van der Waals surface area contributed by atoms with Crippen molar-refractivity contribution in [2.75, 3.05) is 7.11 Å². The maximum Gasteiger partial charge on any atom is 0.305 e. The summed E-state index contributed by atoms with van der Waals surface area (Å²) in [6.45, 7) is 5.18. The Hall–Kier alpha value is -2.78. The Kier molecular flexibility index (Phi) is 8.57. The minimum atomic E-state index is -0.630. The lowest BCUT2D eigenvalue weighted by atomic mass is 9.86. The molecule has 1 aliphatic carbocycles. The van der Waals surface area contributed by atoms with Crippen LogP contribution >= 0.6 is 0 Å². The van der Waals surface area contributed by atoms with E-state index in [0.717, 1.165) is 23.3 Å². The molecule has 1 N–H and O–H groups in total. The molecule has 2 unspecified atom stereocenters. The highest BCUT2D eigenvalue weighted by Crippen LogP contribution is 2.52. The van der Waals surface area contributed by atoms with E-state index in [9.17, 15) is 14.7 Å². The number of hydrogen-bond donors (Lipinski definition) is 1. The Morgan fingerprint density at radius 3 is 2.85 bits per heavy atom. The van der Waals surface area contributed by atoms with Crippen LogP contribution < -0.4 is 4.74 Å². The summed E-state index contributed by atoms with van der Waals surface area (Å²) in [6, 6.07) is 6.11. The standard InChI is InChI=1S/C27H34O6/c1-5-6-9-17(2)22(29)15-14-20-23(32-18(3)28)16-24-26(20)21-12-7-10-19(27(21)33-24)11-8-13-25(30)31-4/h7,10,12,14-15,17,20,22-24,26,29H,8-9,11,13,16H2,1-4H3/t17?,20-,22+,23+,24-,26?/m0/s1. The van der Waals surface area contributed by atoms with Crippen LogP contribution in [0.2, 0.25) is 0 Å². The third-order valence-corrected chi connectivity index (χ3v) is 6.55. The number of para-hydroxylation sites is 1. The number of esters is 2. The number of aryl methyl sites for hydroxylation is 1. The SMILES string of the molecule is CC#CCC(C)[C@H](O)C=C[C@@H]1C2c3cccc(CCCC(=O)OC)c3O[C@H]2C[C@H]1OC(C)=O. The molecule has 178 valence electrons. The highest BCUT2D eigenvalue weighted by molar-refractivity contribution is 5.69. The molecule has 3 rings (SSSR count). The van der Waals surface area contributed by atoms with Gasteiger partial charge < -0.3 is 19.3 Å². The number of methoxy groups -OCH3 is 1. The summed E-state index contributed by atoms with van der Waals surface area (Å²) in [5, 5.41) is 10.6. The van der Waals surface area contributed by atoms with Crippen LogP contribution in [0, 0.1) is 23.7 Å². The Bertz CT molecular complexity index is 940. The predicted octanol–water partition coefficient (Wildman–Crippen LogP) is 3.95. The summed E-state index contributed by atoms with van der Waals surface area (Å²) in [5.41, 5.74) is 2.17. The third-order valence-electron chi connectivity index (χ3n) is 6.55. The first kappa shape index (κ1) is 24.9. The molecule has 1 aliphatic heterocycles. The van der Waals surface area contributed by atoms with E-state index in [1.807, 2.05) is 31.2 Å². The predicted molar refractivity (Wildman–Crippen MR) is 125 cm³/mol. The number of carbonyl (C=O) groups is 2. The molecule has 6 nitrogen and oxygen atoms in total. The zero-order chi connectivity index (χ0) is 24.0. The molecular formula is C27H34O6. The molecule has 1 fully saturated rings. The van der Waals surface area contributed by atoms with Gasteiger partial charge in [0.25, 0.3) is 0 Å². The first-order valence-electron chi connectivity index (χ1n) is 11.6. The molecule has 0 amide bonds. The van der Waals surface area contributed by atoms with Gasteiger partial charge in [0.1, 0.15) is 18.0 Å². The third kappa shape index (κ3) is 5.97. The minimum absolute atomic E-state index is 0.00611. The Labute approximate surface area is 196 Å². The first-order chi connectivity index (χ1) is 15.8. The maximum atomic E-state index is 11.7. The molecule has 6 heteroatoms. The maximum absolute atomic E-state index is 11.7. The van der Waals surface area contributed by atoms with Gasteiger partial charge in [0, 0.05) is 43.6 Å². The average molecular weight is 455 g/mol. The van der Waals surface area contributed by atoms with Gasteiger partial charge in [-0.2, -0.15) is 0 Å². The number of carbonyl (C=O) groups excluding carboxylic acids is 2. The van der Waals surface area contributed by atoms with Gasteiger partial charge in [0.2, 0.25) is 0 Å². The normalized spacial score (nSPS) is 24.8. The largest absolute Gasteiger partial charge is 0.489 e. The van der Waals surface area contributed by atoms with Crippen molar-refractivity contribution in [3.05, 3.63) is 41.5 Å². The monoisotopic (exact) mass is 454 g/mol. The Morgan fingerprint density at radius 1 is 1.36 bits per heavy atom. The zero-order valence-electron chi connectivity index (χ0n) is 19.9. The number of hydrogen-bond acceptors (Lipinski definition) is 6. The summed E-state index contributed by atoms with van der Waals surface area (Å²) >= 11 is 0. The van der Waals surface area contributed by atoms with E-state index in [4.69, 9.17) is 14.2 Å². The van der Waals surface area contributed by atoms with E-state index in [1.165, 1.54) is 14.0 Å². The summed E-state index contributed by atoms with van der Waals surface area (Å²) < 4.78 is 16.8. The van der Waals surface area contributed by atoms with Crippen LogP contribution in [-0.2, 0) is 25.5 Å². The first-order valence-corrected chi connectivity index (χ1v) is 11.6. The van der Waals surface area contributed by atoms with Gasteiger partial charge in [-0.25, -0.2) is 0 Å². The van der Waals surface area contributed by atoms with Crippen molar-refractivity contribution in [3.8, 4) is 17.6 Å².